The van der Waals surface area contributed by atoms with Gasteiger partial charge in [0.25, 0.3) is 0 Å². The molecule has 1 aliphatic heterocycles. The van der Waals surface area contributed by atoms with Crippen LogP contribution in [0.2, 0.25) is 0 Å². The van der Waals surface area contributed by atoms with E-state index < -0.39 is 0 Å². The van der Waals surface area contributed by atoms with Crippen LogP contribution in [0, 0.1) is 0 Å². The Morgan fingerprint density at radius 2 is 2.23 bits per heavy atom. The van der Waals surface area contributed by atoms with Crippen LogP contribution >= 0.6 is 0 Å². The lowest BCUT2D eigenvalue weighted by molar-refractivity contribution is -0.119. The van der Waals surface area contributed by atoms with E-state index in [2.05, 4.69) is 32.7 Å². The number of nitrogens with one attached hydrogen (secondary N) is 2. The summed E-state index contributed by atoms with van der Waals surface area (Å²) >= 11 is 0. The van der Waals surface area contributed by atoms with E-state index in [1.165, 1.54) is 6.92 Å². The molecular weight excluding hydrogens is 334 g/mol. The van der Waals surface area contributed by atoms with Gasteiger partial charge in [-0.1, -0.05) is 17.3 Å². The highest BCUT2D eigenvalue weighted by atomic mass is 16.5. The zero-order chi connectivity index (χ0) is 18.5. The third kappa shape index (κ3) is 4.39. The van der Waals surface area contributed by atoms with E-state index in [0.29, 0.717) is 18.1 Å². The molecule has 0 saturated carbocycles. The highest BCUT2D eigenvalue weighted by Crippen LogP contribution is 2.23. The zero-order valence-electron chi connectivity index (χ0n) is 15.4. The molecule has 2 atom stereocenters. The van der Waals surface area contributed by atoms with Crippen LogP contribution in [0.25, 0.3) is 0 Å². The van der Waals surface area contributed by atoms with Crippen LogP contribution in [0.15, 0.2) is 28.8 Å². The number of likely N-dealkylation sites (N-methyl/N-ethyl adjacent to an activating group) is 1. The normalized spacial score (nSPS) is 19.1. The Kier molecular flexibility index (Phi) is 5.85. The predicted octanol–water partition coefficient (Wildman–Crippen LogP) is 1.07. The third-order valence-electron chi connectivity index (χ3n) is 4.57. The molecule has 2 aromatic rings. The fourth-order valence-corrected chi connectivity index (χ4v) is 3.09. The number of amides is 1. The molecule has 0 spiro atoms. The molecule has 1 aromatic heterocycles. The van der Waals surface area contributed by atoms with Crippen LogP contribution in [-0.2, 0) is 11.2 Å². The summed E-state index contributed by atoms with van der Waals surface area (Å²) in [6, 6.07) is 7.44. The standard InChI is InChI=1S/C18H25N5O3/c1-12(24)20-15(13-4-6-14(25-3)7-5-13)10-17-21-18(22-26-17)16-11-19-8-9-23(16)2/h4-7,15-16,19H,8-11H2,1-3H3,(H,20,24). The summed E-state index contributed by atoms with van der Waals surface area (Å²) in [5.74, 6) is 1.84. The van der Waals surface area contributed by atoms with Gasteiger partial charge in [0.1, 0.15) is 5.75 Å². The Bertz CT molecular complexity index is 731. The smallest absolute Gasteiger partial charge is 0.229 e. The van der Waals surface area contributed by atoms with Crippen molar-refractivity contribution in [3.05, 3.63) is 41.5 Å². The van der Waals surface area contributed by atoms with Crippen LogP contribution in [0.5, 0.6) is 5.75 Å². The van der Waals surface area contributed by atoms with E-state index in [0.717, 1.165) is 30.9 Å². The van der Waals surface area contributed by atoms with Crippen LogP contribution in [-0.4, -0.2) is 54.7 Å². The number of hydrogen-bond donors (Lipinski definition) is 2. The number of nitrogens with zero attached hydrogens (tertiary/aromatic N) is 3. The fourth-order valence-electron chi connectivity index (χ4n) is 3.09. The number of piperazine rings is 1. The summed E-state index contributed by atoms with van der Waals surface area (Å²) < 4.78 is 10.6. The molecule has 0 radical (unpaired) electrons. The maximum absolute atomic E-state index is 11.6. The van der Waals surface area contributed by atoms with Crippen LogP contribution < -0.4 is 15.4 Å². The minimum absolute atomic E-state index is 0.0986. The van der Waals surface area contributed by atoms with Crippen molar-refractivity contribution in [3.8, 4) is 5.75 Å². The second-order valence-corrected chi connectivity index (χ2v) is 6.48. The molecule has 2 unspecified atom stereocenters. The molecule has 1 aliphatic rings. The Morgan fingerprint density at radius 1 is 1.46 bits per heavy atom. The molecule has 26 heavy (non-hydrogen) atoms. The van der Waals surface area contributed by atoms with Crippen LogP contribution in [0.1, 0.15) is 36.3 Å². The zero-order valence-corrected chi connectivity index (χ0v) is 15.4. The van der Waals surface area contributed by atoms with E-state index in [9.17, 15) is 4.79 Å². The number of aromatic nitrogens is 2. The summed E-state index contributed by atoms with van der Waals surface area (Å²) in [6.07, 6.45) is 0.433. The van der Waals surface area contributed by atoms with Gasteiger partial charge in [-0.05, 0) is 24.7 Å². The number of carbonyl (C=O) groups excluding carboxylic acids is 1. The summed E-state index contributed by atoms with van der Waals surface area (Å²) in [4.78, 5) is 18.4. The molecule has 8 nitrogen and oxygen atoms in total. The van der Waals surface area contributed by atoms with Gasteiger partial charge in [-0.15, -0.1) is 0 Å². The van der Waals surface area contributed by atoms with Gasteiger partial charge in [-0.2, -0.15) is 4.98 Å². The number of methoxy groups -OCH3 is 1. The predicted molar refractivity (Wildman–Crippen MR) is 95.8 cm³/mol. The van der Waals surface area contributed by atoms with Crippen molar-refractivity contribution >= 4 is 5.91 Å². The van der Waals surface area contributed by atoms with Crippen molar-refractivity contribution in [1.29, 1.82) is 0 Å². The molecule has 3 rings (SSSR count). The number of hydrogen-bond acceptors (Lipinski definition) is 7. The first-order chi connectivity index (χ1) is 12.6. The number of rotatable bonds is 6. The lowest BCUT2D eigenvalue weighted by Gasteiger charge is -2.30. The Balaban J connectivity index is 1.75. The molecule has 0 aliphatic carbocycles. The third-order valence-corrected chi connectivity index (χ3v) is 4.57. The van der Waals surface area contributed by atoms with Gasteiger partial charge in [0, 0.05) is 26.6 Å². The van der Waals surface area contributed by atoms with Gasteiger partial charge in [-0.25, -0.2) is 0 Å². The van der Waals surface area contributed by atoms with E-state index in [1.54, 1.807) is 7.11 Å². The molecule has 1 saturated heterocycles. The monoisotopic (exact) mass is 359 g/mol. The Morgan fingerprint density at radius 3 is 2.88 bits per heavy atom. The summed E-state index contributed by atoms with van der Waals surface area (Å²) in [6.45, 7) is 4.19. The first-order valence-corrected chi connectivity index (χ1v) is 8.71. The van der Waals surface area contributed by atoms with E-state index in [1.807, 2.05) is 24.3 Å². The maximum atomic E-state index is 11.6. The number of benzene rings is 1. The van der Waals surface area contributed by atoms with Crippen molar-refractivity contribution < 1.29 is 14.1 Å². The van der Waals surface area contributed by atoms with Gasteiger partial charge >= 0.3 is 0 Å². The molecule has 2 N–H and O–H groups in total. The number of ether oxygens (including phenoxy) is 1. The average Bonchev–Trinajstić information content (AvgIpc) is 3.09. The largest absolute Gasteiger partial charge is 0.497 e. The summed E-state index contributed by atoms with van der Waals surface area (Å²) in [5.41, 5.74) is 0.956. The maximum Gasteiger partial charge on any atom is 0.229 e. The summed E-state index contributed by atoms with van der Waals surface area (Å²) in [5, 5.41) is 10.4. The number of carbonyl (C=O) groups is 1. The van der Waals surface area contributed by atoms with Crippen molar-refractivity contribution in [2.75, 3.05) is 33.8 Å². The average molecular weight is 359 g/mol. The Labute approximate surface area is 152 Å². The van der Waals surface area contributed by atoms with Gasteiger partial charge in [0.2, 0.25) is 11.8 Å². The van der Waals surface area contributed by atoms with Crippen molar-refractivity contribution in [1.82, 2.24) is 25.7 Å². The molecule has 2 heterocycles. The first-order valence-electron chi connectivity index (χ1n) is 8.71. The van der Waals surface area contributed by atoms with E-state index >= 15 is 0 Å². The van der Waals surface area contributed by atoms with E-state index in [-0.39, 0.29) is 18.0 Å². The molecule has 1 fully saturated rings. The molecule has 8 heteroatoms. The van der Waals surface area contributed by atoms with Gasteiger partial charge in [0.15, 0.2) is 5.82 Å². The second-order valence-electron chi connectivity index (χ2n) is 6.48. The van der Waals surface area contributed by atoms with Gasteiger partial charge < -0.3 is 19.9 Å². The fraction of sp³-hybridized carbons (Fsp3) is 0.500. The highest BCUT2D eigenvalue weighted by molar-refractivity contribution is 5.73. The molecular formula is C18H25N5O3. The lowest BCUT2D eigenvalue weighted by atomic mass is 10.0. The lowest BCUT2D eigenvalue weighted by Crippen LogP contribution is -2.44. The molecule has 0 bridgehead atoms. The first kappa shape index (κ1) is 18.3. The topological polar surface area (TPSA) is 92.5 Å². The minimum atomic E-state index is -0.242. The second kappa shape index (κ2) is 8.29. The molecule has 1 aromatic carbocycles. The van der Waals surface area contributed by atoms with Gasteiger partial charge in [-0.3, -0.25) is 9.69 Å². The highest BCUT2D eigenvalue weighted by Gasteiger charge is 2.26. The van der Waals surface area contributed by atoms with Gasteiger partial charge in [0.05, 0.1) is 25.6 Å². The van der Waals surface area contributed by atoms with Crippen molar-refractivity contribution in [2.24, 2.45) is 0 Å². The van der Waals surface area contributed by atoms with E-state index in [4.69, 9.17) is 9.26 Å². The molecule has 1 amide bonds. The SMILES string of the molecule is COc1ccc(C(Cc2nc(C3CNCCN3C)no2)NC(C)=O)cc1. The van der Waals surface area contributed by atoms with Crippen molar-refractivity contribution in [3.63, 3.8) is 0 Å². The summed E-state index contributed by atoms with van der Waals surface area (Å²) in [7, 11) is 3.68. The molecule has 140 valence electrons. The minimum Gasteiger partial charge on any atom is -0.497 e. The Hall–Kier alpha value is -2.45. The van der Waals surface area contributed by atoms with Crippen molar-refractivity contribution in [2.45, 2.75) is 25.4 Å². The van der Waals surface area contributed by atoms with Crippen LogP contribution in [0.4, 0.5) is 0 Å². The quantitative estimate of drug-likeness (QED) is 0.797. The van der Waals surface area contributed by atoms with Crippen LogP contribution in [0.3, 0.4) is 0 Å².